The Hall–Kier alpha value is -2.91. The normalized spacial score (nSPS) is 21.6. The van der Waals surface area contributed by atoms with E-state index in [1.54, 1.807) is 19.0 Å². The maximum Gasteiger partial charge on any atom is 0.253 e. The number of halogens is 1. The van der Waals surface area contributed by atoms with E-state index in [1.165, 1.54) is 19.3 Å². The van der Waals surface area contributed by atoms with Gasteiger partial charge in [0.2, 0.25) is 11.8 Å². The molecule has 44 heavy (non-hydrogen) atoms. The summed E-state index contributed by atoms with van der Waals surface area (Å²) >= 11 is 0. The highest BCUT2D eigenvalue weighted by Crippen LogP contribution is 2.40. The maximum atomic E-state index is 14.0. The van der Waals surface area contributed by atoms with Gasteiger partial charge in [0, 0.05) is 50.6 Å². The number of piperazine rings is 1. The summed E-state index contributed by atoms with van der Waals surface area (Å²) in [5.74, 6) is 0.642. The summed E-state index contributed by atoms with van der Waals surface area (Å²) in [4.78, 5) is 46.6. The van der Waals surface area contributed by atoms with Gasteiger partial charge in [-0.25, -0.2) is 0 Å². The number of nitrogens with zero attached hydrogens (tertiary/aromatic N) is 4. The lowest BCUT2D eigenvalue weighted by Gasteiger charge is -2.53. The number of H-pyrrole nitrogens is 1. The number of hydrogen-bond donors (Lipinski definition) is 2. The van der Waals surface area contributed by atoms with Gasteiger partial charge in [-0.2, -0.15) is 5.10 Å². The number of amides is 3. The number of hydrogen-bond acceptors (Lipinski definition) is 5. The van der Waals surface area contributed by atoms with Crippen molar-refractivity contribution in [3.63, 3.8) is 0 Å². The molecule has 2 atom stereocenters. The lowest BCUT2D eigenvalue weighted by molar-refractivity contribution is -0.162. The van der Waals surface area contributed by atoms with Crippen LogP contribution in [0.1, 0.15) is 110 Å². The molecule has 1 aliphatic carbocycles. The predicted molar refractivity (Wildman–Crippen MR) is 175 cm³/mol. The van der Waals surface area contributed by atoms with Gasteiger partial charge in [-0.15, -0.1) is 12.4 Å². The number of aryl methyl sites for hydroxylation is 2. The van der Waals surface area contributed by atoms with Gasteiger partial charge in [-0.1, -0.05) is 57.6 Å². The number of aromatic nitrogens is 2. The monoisotopic (exact) mass is 626 g/mol. The van der Waals surface area contributed by atoms with E-state index < -0.39 is 11.6 Å². The van der Waals surface area contributed by atoms with Gasteiger partial charge in [0.1, 0.15) is 11.6 Å². The first-order valence-corrected chi connectivity index (χ1v) is 16.4. The van der Waals surface area contributed by atoms with Crippen molar-refractivity contribution in [1.82, 2.24) is 30.2 Å². The molecular formula is C34H51ClN6O3. The van der Waals surface area contributed by atoms with E-state index in [9.17, 15) is 14.4 Å². The first-order valence-electron chi connectivity index (χ1n) is 16.4. The van der Waals surface area contributed by atoms with E-state index in [1.807, 2.05) is 43.0 Å². The second kappa shape index (κ2) is 14.5. The maximum absolute atomic E-state index is 14.0. The number of likely N-dealkylation sites (tertiary alicyclic amines) is 1. The second-order valence-electron chi connectivity index (χ2n) is 13.2. The van der Waals surface area contributed by atoms with E-state index in [4.69, 9.17) is 0 Å². The Labute approximate surface area is 268 Å². The quantitative estimate of drug-likeness (QED) is 0.400. The zero-order chi connectivity index (χ0) is 30.7. The summed E-state index contributed by atoms with van der Waals surface area (Å²) < 4.78 is 0. The van der Waals surface area contributed by atoms with Crippen molar-refractivity contribution in [3.05, 3.63) is 52.3 Å². The number of piperidine rings is 1. The van der Waals surface area contributed by atoms with Gasteiger partial charge in [-0.3, -0.25) is 24.4 Å². The van der Waals surface area contributed by atoms with Crippen molar-refractivity contribution >= 4 is 30.1 Å². The molecule has 2 saturated heterocycles. The Morgan fingerprint density at radius 2 is 1.73 bits per heavy atom. The van der Waals surface area contributed by atoms with Crippen LogP contribution < -0.4 is 5.32 Å². The molecule has 242 valence electrons. The third-order valence-corrected chi connectivity index (χ3v) is 10.2. The number of rotatable bonds is 9. The molecule has 1 saturated carbocycles. The summed E-state index contributed by atoms with van der Waals surface area (Å²) in [6, 6.07) is 7.39. The Bertz CT molecular complexity index is 1280. The fourth-order valence-corrected chi connectivity index (χ4v) is 7.67. The largest absolute Gasteiger partial charge is 0.345 e. The summed E-state index contributed by atoms with van der Waals surface area (Å²) in [7, 11) is 3.52. The van der Waals surface area contributed by atoms with Crippen LogP contribution in [0.25, 0.3) is 0 Å². The fraction of sp³-hybridized carbons (Fsp3) is 0.647. The third-order valence-electron chi connectivity index (χ3n) is 10.2. The summed E-state index contributed by atoms with van der Waals surface area (Å²) in [5.41, 5.74) is 4.01. The minimum absolute atomic E-state index is 0. The summed E-state index contributed by atoms with van der Waals surface area (Å²) in [5, 5.41) is 10.9. The number of carbonyl (C=O) groups is 3. The Morgan fingerprint density at radius 3 is 2.30 bits per heavy atom. The first-order chi connectivity index (χ1) is 20.7. The first kappa shape index (κ1) is 34.0. The highest BCUT2D eigenvalue weighted by molar-refractivity contribution is 6.00. The van der Waals surface area contributed by atoms with Crippen molar-refractivity contribution in [1.29, 1.82) is 0 Å². The number of nitrogens with one attached hydrogen (secondary N) is 2. The molecule has 1 spiro atoms. The molecule has 10 heteroatoms. The van der Waals surface area contributed by atoms with E-state index in [2.05, 4.69) is 27.3 Å². The van der Waals surface area contributed by atoms with Gasteiger partial charge >= 0.3 is 0 Å². The van der Waals surface area contributed by atoms with E-state index >= 15 is 0 Å². The SMILES string of the molecule is CCCCN1C(=O)[C@H](CC2CCCCC2)NC(=O)C12CCN(C(c1ccc(C(=O)N(C)C)cc1)c1c(C)n[nH]c1C)CC2.Cl. The average molecular weight is 627 g/mol. The topological polar surface area (TPSA) is 102 Å². The van der Waals surface area contributed by atoms with Crippen molar-refractivity contribution in [2.45, 2.75) is 103 Å². The van der Waals surface area contributed by atoms with E-state index in [0.29, 0.717) is 44.0 Å². The zero-order valence-electron chi connectivity index (χ0n) is 27.2. The number of unbranched alkanes of at least 4 members (excludes halogenated alkanes) is 1. The second-order valence-corrected chi connectivity index (χ2v) is 13.2. The van der Waals surface area contributed by atoms with Gasteiger partial charge in [0.25, 0.3) is 5.91 Å². The fourth-order valence-electron chi connectivity index (χ4n) is 7.67. The standard InChI is InChI=1S/C34H50N6O3.ClH/c1-6-7-19-40-32(42)28(22-25-11-9-8-10-12-25)35-33(43)34(40)17-20-39(21-18-34)30(29-23(2)36-37-24(29)3)26-13-15-27(16-14-26)31(41)38(4)5;/h13-16,25,28,30H,6-12,17-22H2,1-5H3,(H,35,43)(H,36,37);1H/t28-,30?;/m0./s1. The predicted octanol–water partition coefficient (Wildman–Crippen LogP) is 5.17. The molecule has 3 aliphatic rings. The van der Waals surface area contributed by atoms with E-state index in [0.717, 1.165) is 54.6 Å². The van der Waals surface area contributed by atoms with Gasteiger partial charge in [-0.05, 0) is 63.1 Å². The molecule has 2 aromatic rings. The summed E-state index contributed by atoms with van der Waals surface area (Å²) in [6.45, 7) is 8.18. The van der Waals surface area contributed by atoms with Crippen LogP contribution in [0, 0.1) is 19.8 Å². The molecule has 5 rings (SSSR count). The van der Waals surface area contributed by atoms with Crippen LogP contribution in [0.5, 0.6) is 0 Å². The van der Waals surface area contributed by atoms with Gasteiger partial charge in [0.15, 0.2) is 0 Å². The molecule has 1 unspecified atom stereocenters. The Morgan fingerprint density at radius 1 is 1.07 bits per heavy atom. The van der Waals surface area contributed by atoms with E-state index in [-0.39, 0.29) is 36.2 Å². The lowest BCUT2D eigenvalue weighted by atomic mass is 9.78. The lowest BCUT2D eigenvalue weighted by Crippen LogP contribution is -2.73. The summed E-state index contributed by atoms with van der Waals surface area (Å²) in [6.07, 6.45) is 9.88. The molecular weight excluding hydrogens is 576 g/mol. The minimum atomic E-state index is -0.807. The van der Waals surface area contributed by atoms with Crippen LogP contribution in [0.2, 0.25) is 0 Å². The van der Waals surface area contributed by atoms with Crippen LogP contribution in [0.4, 0.5) is 0 Å². The molecule has 0 radical (unpaired) electrons. The van der Waals surface area contributed by atoms with Gasteiger partial charge in [0.05, 0.1) is 11.7 Å². The average Bonchev–Trinajstić information content (AvgIpc) is 3.34. The molecule has 2 aliphatic heterocycles. The van der Waals surface area contributed by atoms with Gasteiger partial charge < -0.3 is 15.1 Å². The number of carbonyl (C=O) groups excluding carboxylic acids is 3. The Balaban J connectivity index is 0.00000442. The van der Waals surface area contributed by atoms with Crippen molar-refractivity contribution in [2.24, 2.45) is 5.92 Å². The van der Waals surface area contributed by atoms with Crippen LogP contribution in [0.3, 0.4) is 0 Å². The Kier molecular flexibility index (Phi) is 11.2. The highest BCUT2D eigenvalue weighted by atomic mass is 35.5. The molecule has 3 amide bonds. The molecule has 9 nitrogen and oxygen atoms in total. The smallest absolute Gasteiger partial charge is 0.253 e. The van der Waals surface area contributed by atoms with Crippen LogP contribution in [0.15, 0.2) is 24.3 Å². The van der Waals surface area contributed by atoms with Crippen molar-refractivity contribution < 1.29 is 14.4 Å². The van der Waals surface area contributed by atoms with Crippen molar-refractivity contribution in [2.75, 3.05) is 33.7 Å². The number of aromatic amines is 1. The molecule has 0 bridgehead atoms. The number of benzene rings is 1. The highest BCUT2D eigenvalue weighted by Gasteiger charge is 2.54. The van der Waals surface area contributed by atoms with Crippen molar-refractivity contribution in [3.8, 4) is 0 Å². The van der Waals surface area contributed by atoms with Crippen LogP contribution in [-0.4, -0.2) is 87.9 Å². The molecule has 1 aromatic heterocycles. The molecule has 3 heterocycles. The minimum Gasteiger partial charge on any atom is -0.345 e. The molecule has 2 N–H and O–H groups in total. The molecule has 3 fully saturated rings. The van der Waals surface area contributed by atoms with Crippen LogP contribution in [-0.2, 0) is 9.59 Å². The van der Waals surface area contributed by atoms with Crippen LogP contribution >= 0.6 is 12.4 Å². The third kappa shape index (κ3) is 6.69. The zero-order valence-corrected chi connectivity index (χ0v) is 28.0. The molecule has 1 aromatic carbocycles.